The molecule has 1 atom stereocenters. The molecule has 94 valence electrons. The number of benzene rings is 1. The SMILES string of the molecule is NC(CC1CCOCC1)c1cc(Cl)ccc1I. The van der Waals surface area contributed by atoms with E-state index in [1.54, 1.807) is 0 Å². The van der Waals surface area contributed by atoms with Crippen LogP contribution in [0.25, 0.3) is 0 Å². The van der Waals surface area contributed by atoms with Crippen molar-refractivity contribution in [3.8, 4) is 0 Å². The van der Waals surface area contributed by atoms with E-state index >= 15 is 0 Å². The minimum Gasteiger partial charge on any atom is -0.381 e. The Labute approximate surface area is 121 Å². The van der Waals surface area contributed by atoms with Gasteiger partial charge in [0.2, 0.25) is 0 Å². The number of hydrogen-bond donors (Lipinski definition) is 1. The van der Waals surface area contributed by atoms with Crippen LogP contribution in [0, 0.1) is 9.49 Å². The molecule has 1 aliphatic heterocycles. The van der Waals surface area contributed by atoms with Crippen molar-refractivity contribution in [3.05, 3.63) is 32.4 Å². The second-order valence-corrected chi connectivity index (χ2v) is 6.16. The average molecular weight is 366 g/mol. The van der Waals surface area contributed by atoms with Crippen molar-refractivity contribution in [2.45, 2.75) is 25.3 Å². The van der Waals surface area contributed by atoms with Crippen LogP contribution in [-0.2, 0) is 4.74 Å². The Kier molecular flexibility index (Phi) is 5.09. The monoisotopic (exact) mass is 365 g/mol. The summed E-state index contributed by atoms with van der Waals surface area (Å²) in [4.78, 5) is 0. The molecule has 1 unspecified atom stereocenters. The van der Waals surface area contributed by atoms with E-state index < -0.39 is 0 Å². The highest BCUT2D eigenvalue weighted by Crippen LogP contribution is 2.29. The first-order chi connectivity index (χ1) is 8.16. The Morgan fingerprint density at radius 3 is 2.82 bits per heavy atom. The van der Waals surface area contributed by atoms with Gasteiger partial charge < -0.3 is 10.5 Å². The third-order valence-electron chi connectivity index (χ3n) is 3.29. The van der Waals surface area contributed by atoms with Crippen LogP contribution < -0.4 is 5.73 Å². The summed E-state index contributed by atoms with van der Waals surface area (Å²) in [6.07, 6.45) is 3.29. The number of halogens is 2. The molecular weight excluding hydrogens is 349 g/mol. The number of ether oxygens (including phenoxy) is 1. The lowest BCUT2D eigenvalue weighted by Gasteiger charge is -2.25. The first-order valence-electron chi connectivity index (χ1n) is 5.95. The predicted molar refractivity (Wildman–Crippen MR) is 79.3 cm³/mol. The summed E-state index contributed by atoms with van der Waals surface area (Å²) in [5, 5.41) is 0.767. The molecule has 1 heterocycles. The Hall–Kier alpha value is 0.160. The van der Waals surface area contributed by atoms with Crippen molar-refractivity contribution in [1.82, 2.24) is 0 Å². The fraction of sp³-hybridized carbons (Fsp3) is 0.538. The zero-order valence-corrected chi connectivity index (χ0v) is 12.6. The summed E-state index contributed by atoms with van der Waals surface area (Å²) in [6.45, 7) is 1.76. The molecule has 2 nitrogen and oxygen atoms in total. The van der Waals surface area contributed by atoms with Gasteiger partial charge in [0.25, 0.3) is 0 Å². The van der Waals surface area contributed by atoms with Crippen LogP contribution >= 0.6 is 34.2 Å². The normalized spacial score (nSPS) is 19.2. The predicted octanol–water partition coefficient (Wildman–Crippen LogP) is 3.76. The molecule has 0 aromatic heterocycles. The summed E-state index contributed by atoms with van der Waals surface area (Å²) >= 11 is 8.35. The van der Waals surface area contributed by atoms with Crippen molar-refractivity contribution in [3.63, 3.8) is 0 Å². The summed E-state index contributed by atoms with van der Waals surface area (Å²) in [6, 6.07) is 6.02. The first kappa shape index (κ1) is 13.6. The van der Waals surface area contributed by atoms with Gasteiger partial charge in [0.05, 0.1) is 0 Å². The maximum atomic E-state index is 6.29. The van der Waals surface area contributed by atoms with Crippen molar-refractivity contribution in [1.29, 1.82) is 0 Å². The van der Waals surface area contributed by atoms with Gasteiger partial charge in [0, 0.05) is 27.8 Å². The molecule has 0 amide bonds. The number of rotatable bonds is 3. The molecule has 0 radical (unpaired) electrons. The average Bonchev–Trinajstić information content (AvgIpc) is 2.33. The van der Waals surface area contributed by atoms with E-state index in [9.17, 15) is 0 Å². The van der Waals surface area contributed by atoms with Crippen LogP contribution in [0.2, 0.25) is 5.02 Å². The summed E-state index contributed by atoms with van der Waals surface area (Å²) in [5.74, 6) is 0.688. The molecule has 0 saturated carbocycles. The van der Waals surface area contributed by atoms with Crippen LogP contribution in [0.3, 0.4) is 0 Å². The number of nitrogens with two attached hydrogens (primary N) is 1. The molecule has 2 N–H and O–H groups in total. The van der Waals surface area contributed by atoms with E-state index in [4.69, 9.17) is 22.1 Å². The van der Waals surface area contributed by atoms with E-state index in [2.05, 4.69) is 22.6 Å². The molecule has 2 rings (SSSR count). The minimum atomic E-state index is 0.0868. The second-order valence-electron chi connectivity index (χ2n) is 4.56. The van der Waals surface area contributed by atoms with Crippen molar-refractivity contribution in [2.24, 2.45) is 11.7 Å². The third kappa shape index (κ3) is 3.81. The Morgan fingerprint density at radius 2 is 2.12 bits per heavy atom. The Morgan fingerprint density at radius 1 is 1.41 bits per heavy atom. The highest BCUT2D eigenvalue weighted by Gasteiger charge is 2.19. The summed E-state index contributed by atoms with van der Waals surface area (Å²) in [5.41, 5.74) is 7.46. The molecule has 1 aliphatic rings. The van der Waals surface area contributed by atoms with Gasteiger partial charge >= 0.3 is 0 Å². The van der Waals surface area contributed by atoms with E-state index in [0.29, 0.717) is 5.92 Å². The molecule has 1 aromatic rings. The van der Waals surface area contributed by atoms with Crippen LogP contribution in [-0.4, -0.2) is 13.2 Å². The molecule has 1 fully saturated rings. The maximum absolute atomic E-state index is 6.29. The van der Waals surface area contributed by atoms with Crippen LogP contribution in [0.5, 0.6) is 0 Å². The Balaban J connectivity index is 2.02. The molecule has 0 bridgehead atoms. The standard InChI is InChI=1S/C13H17ClINO/c14-10-1-2-12(15)11(8-10)13(16)7-9-3-5-17-6-4-9/h1-2,8-9,13H,3-7,16H2. The largest absolute Gasteiger partial charge is 0.381 e. The smallest absolute Gasteiger partial charge is 0.0468 e. The van der Waals surface area contributed by atoms with Gasteiger partial charge in [0.1, 0.15) is 0 Å². The molecule has 17 heavy (non-hydrogen) atoms. The zero-order valence-electron chi connectivity index (χ0n) is 9.66. The highest BCUT2D eigenvalue weighted by atomic mass is 127. The third-order valence-corrected chi connectivity index (χ3v) is 4.50. The first-order valence-corrected chi connectivity index (χ1v) is 7.41. The zero-order chi connectivity index (χ0) is 12.3. The van der Waals surface area contributed by atoms with Crippen LogP contribution in [0.4, 0.5) is 0 Å². The number of hydrogen-bond acceptors (Lipinski definition) is 2. The van der Waals surface area contributed by atoms with Crippen molar-refractivity contribution < 1.29 is 4.74 Å². The maximum Gasteiger partial charge on any atom is 0.0468 e. The summed E-state index contributed by atoms with van der Waals surface area (Å²) in [7, 11) is 0. The summed E-state index contributed by atoms with van der Waals surface area (Å²) < 4.78 is 6.57. The van der Waals surface area contributed by atoms with Gasteiger partial charge in [-0.05, 0) is 71.5 Å². The molecular formula is C13H17ClINO. The highest BCUT2D eigenvalue weighted by molar-refractivity contribution is 14.1. The van der Waals surface area contributed by atoms with Crippen molar-refractivity contribution in [2.75, 3.05) is 13.2 Å². The van der Waals surface area contributed by atoms with Gasteiger partial charge in [-0.25, -0.2) is 0 Å². The van der Waals surface area contributed by atoms with Gasteiger partial charge in [0.15, 0.2) is 0 Å². The molecule has 0 aliphatic carbocycles. The van der Waals surface area contributed by atoms with E-state index in [1.165, 1.54) is 9.13 Å². The van der Waals surface area contributed by atoms with E-state index in [1.807, 2.05) is 18.2 Å². The molecule has 1 aromatic carbocycles. The lowest BCUT2D eigenvalue weighted by atomic mass is 9.90. The van der Waals surface area contributed by atoms with Crippen molar-refractivity contribution >= 4 is 34.2 Å². The van der Waals surface area contributed by atoms with Gasteiger partial charge in [-0.1, -0.05) is 11.6 Å². The van der Waals surface area contributed by atoms with Gasteiger partial charge in [-0.2, -0.15) is 0 Å². The molecule has 1 saturated heterocycles. The lowest BCUT2D eigenvalue weighted by Crippen LogP contribution is -2.22. The molecule has 4 heteroatoms. The van der Waals surface area contributed by atoms with Gasteiger partial charge in [-0.3, -0.25) is 0 Å². The Bertz CT molecular complexity index is 380. The minimum absolute atomic E-state index is 0.0868. The fourth-order valence-electron chi connectivity index (χ4n) is 2.27. The van der Waals surface area contributed by atoms with Gasteiger partial charge in [-0.15, -0.1) is 0 Å². The van der Waals surface area contributed by atoms with E-state index in [-0.39, 0.29) is 6.04 Å². The van der Waals surface area contributed by atoms with Crippen LogP contribution in [0.1, 0.15) is 30.9 Å². The molecule has 0 spiro atoms. The fourth-order valence-corrected chi connectivity index (χ4v) is 3.18. The topological polar surface area (TPSA) is 35.2 Å². The van der Waals surface area contributed by atoms with E-state index in [0.717, 1.165) is 37.5 Å². The van der Waals surface area contributed by atoms with Crippen LogP contribution in [0.15, 0.2) is 18.2 Å². The second kappa shape index (κ2) is 6.36. The quantitative estimate of drug-likeness (QED) is 0.828. The lowest BCUT2D eigenvalue weighted by molar-refractivity contribution is 0.0618.